The molecule has 0 aliphatic carbocycles. The molecule has 1 saturated heterocycles. The lowest BCUT2D eigenvalue weighted by Crippen LogP contribution is -2.46. The lowest BCUT2D eigenvalue weighted by molar-refractivity contribution is -0.135. The van der Waals surface area contributed by atoms with E-state index in [1.165, 1.54) is 5.56 Å². The first kappa shape index (κ1) is 27.4. The summed E-state index contributed by atoms with van der Waals surface area (Å²) >= 11 is 0. The third kappa shape index (κ3) is 6.26. The normalized spacial score (nSPS) is 17.6. The van der Waals surface area contributed by atoms with Crippen LogP contribution in [0.5, 0.6) is 5.75 Å². The van der Waals surface area contributed by atoms with Gasteiger partial charge in [-0.05, 0) is 80.5 Å². The van der Waals surface area contributed by atoms with Crippen LogP contribution in [0.3, 0.4) is 0 Å². The lowest BCUT2D eigenvalue weighted by atomic mass is 9.87. The zero-order chi connectivity index (χ0) is 27.2. The Hall–Kier alpha value is -3.61. The van der Waals surface area contributed by atoms with Crippen LogP contribution in [0.15, 0.2) is 36.5 Å². The largest absolute Gasteiger partial charge is 0.497 e. The van der Waals surface area contributed by atoms with Crippen molar-refractivity contribution in [1.82, 2.24) is 15.4 Å². The number of nitrogens with one attached hydrogen (secondary N) is 1. The molecule has 0 radical (unpaired) electrons. The molecule has 4 rings (SSSR count). The van der Waals surface area contributed by atoms with Gasteiger partial charge >= 0.3 is 0 Å². The van der Waals surface area contributed by atoms with E-state index in [2.05, 4.69) is 21.7 Å². The van der Waals surface area contributed by atoms with E-state index in [9.17, 15) is 18.0 Å². The number of benzene rings is 2. The second-order valence-electron chi connectivity index (χ2n) is 9.57. The highest BCUT2D eigenvalue weighted by Gasteiger charge is 2.31. The van der Waals surface area contributed by atoms with Gasteiger partial charge in [-0.25, -0.2) is 18.7 Å². The minimum absolute atomic E-state index is 0.0185. The third-order valence-corrected chi connectivity index (χ3v) is 7.18. The Kier molecular flexibility index (Phi) is 8.87. The molecule has 0 saturated carbocycles. The number of halogens is 3. The number of fused-ring (bicyclic) bond motifs is 1. The second-order valence-corrected chi connectivity index (χ2v) is 9.57. The molecule has 0 bridgehead atoms. The van der Waals surface area contributed by atoms with Gasteiger partial charge in [0.05, 0.1) is 19.2 Å². The van der Waals surface area contributed by atoms with Crippen LogP contribution >= 0.6 is 0 Å². The second kappa shape index (κ2) is 12.3. The molecule has 1 fully saturated rings. The lowest BCUT2D eigenvalue weighted by Gasteiger charge is -2.38. The van der Waals surface area contributed by atoms with Crippen LogP contribution in [-0.4, -0.2) is 47.2 Å². The standard InChI is InChI=1S/C29H30F3N3O3/c1-18-17-33-27-9-8-22(38-2)16-24(27)23(18)7-3-6-21-15-20(29(36)34-37)10-12-35(21)11-4-5-19-13-25(30)28(32)26(31)14-19/h8-9,13-14,16-17,20-21,37H,3,6-7,10-12,15H2,1-2H3,(H,34,36). The quantitative estimate of drug-likeness (QED) is 0.198. The molecule has 2 unspecified atom stereocenters. The maximum Gasteiger partial charge on any atom is 0.246 e. The summed E-state index contributed by atoms with van der Waals surface area (Å²) in [4.78, 5) is 18.8. The molecule has 1 aliphatic rings. The molecule has 1 aromatic heterocycles. The highest BCUT2D eigenvalue weighted by molar-refractivity contribution is 5.84. The van der Waals surface area contributed by atoms with Crippen molar-refractivity contribution in [2.24, 2.45) is 5.92 Å². The zero-order valence-electron chi connectivity index (χ0n) is 21.4. The van der Waals surface area contributed by atoms with Crippen LogP contribution in [0.2, 0.25) is 0 Å². The Morgan fingerprint density at radius 1 is 1.24 bits per heavy atom. The van der Waals surface area contributed by atoms with Gasteiger partial charge in [0.2, 0.25) is 5.91 Å². The topological polar surface area (TPSA) is 74.7 Å². The van der Waals surface area contributed by atoms with E-state index < -0.39 is 23.4 Å². The number of hydroxylamine groups is 1. The van der Waals surface area contributed by atoms with Crippen LogP contribution in [0.4, 0.5) is 13.2 Å². The maximum absolute atomic E-state index is 13.5. The molecule has 2 heterocycles. The van der Waals surface area contributed by atoms with E-state index in [-0.39, 0.29) is 17.5 Å². The van der Waals surface area contributed by atoms with Crippen LogP contribution in [0.1, 0.15) is 42.4 Å². The summed E-state index contributed by atoms with van der Waals surface area (Å²) < 4.78 is 45.7. The van der Waals surface area contributed by atoms with Crippen LogP contribution < -0.4 is 10.2 Å². The molecule has 200 valence electrons. The number of rotatable bonds is 7. The van der Waals surface area contributed by atoms with Crippen molar-refractivity contribution in [2.45, 2.75) is 45.1 Å². The minimum Gasteiger partial charge on any atom is -0.497 e. The summed E-state index contributed by atoms with van der Waals surface area (Å²) in [7, 11) is 1.63. The highest BCUT2D eigenvalue weighted by atomic mass is 19.2. The number of nitrogens with zero attached hydrogens (tertiary/aromatic N) is 2. The van der Waals surface area contributed by atoms with Gasteiger partial charge in [0.1, 0.15) is 5.75 Å². The van der Waals surface area contributed by atoms with Gasteiger partial charge in [-0.2, -0.15) is 0 Å². The van der Waals surface area contributed by atoms with Crippen LogP contribution in [0.25, 0.3) is 10.9 Å². The number of carbonyl (C=O) groups is 1. The first-order chi connectivity index (χ1) is 18.3. The maximum atomic E-state index is 13.5. The van der Waals surface area contributed by atoms with Crippen molar-refractivity contribution in [3.05, 3.63) is 70.7 Å². The number of hydrogen-bond acceptors (Lipinski definition) is 5. The predicted octanol–water partition coefficient (Wildman–Crippen LogP) is 4.93. The Morgan fingerprint density at radius 3 is 2.71 bits per heavy atom. The summed E-state index contributed by atoms with van der Waals surface area (Å²) in [5.74, 6) is 1.62. The van der Waals surface area contributed by atoms with Crippen LogP contribution in [0, 0.1) is 42.1 Å². The number of aryl methyl sites for hydroxylation is 2. The Morgan fingerprint density at radius 2 is 2.00 bits per heavy atom. The predicted molar refractivity (Wildman–Crippen MR) is 137 cm³/mol. The molecule has 2 aromatic carbocycles. The van der Waals surface area contributed by atoms with Crippen molar-refractivity contribution in [3.8, 4) is 17.6 Å². The van der Waals surface area contributed by atoms with E-state index in [0.29, 0.717) is 25.9 Å². The number of hydrogen-bond donors (Lipinski definition) is 2. The summed E-state index contributed by atoms with van der Waals surface area (Å²) in [6.07, 6.45) is 5.40. The monoisotopic (exact) mass is 525 g/mol. The van der Waals surface area contributed by atoms with Crippen LogP contribution in [-0.2, 0) is 11.2 Å². The average Bonchev–Trinajstić information content (AvgIpc) is 2.92. The van der Waals surface area contributed by atoms with Gasteiger partial charge < -0.3 is 4.74 Å². The first-order valence-electron chi connectivity index (χ1n) is 12.5. The number of pyridine rings is 1. The van der Waals surface area contributed by atoms with Crippen molar-refractivity contribution in [3.63, 3.8) is 0 Å². The SMILES string of the molecule is COc1ccc2ncc(C)c(CCCC3CC(C(=O)NO)CCN3CC#Cc3cc(F)c(F)c(F)c3)c2c1. The molecule has 9 heteroatoms. The molecule has 38 heavy (non-hydrogen) atoms. The number of amides is 1. The van der Waals surface area contributed by atoms with Gasteiger partial charge in [0.25, 0.3) is 0 Å². The first-order valence-corrected chi connectivity index (χ1v) is 12.5. The number of carbonyl (C=O) groups excluding carboxylic acids is 1. The molecule has 0 spiro atoms. The van der Waals surface area contributed by atoms with Gasteiger partial charge in [-0.15, -0.1) is 0 Å². The molecule has 2 atom stereocenters. The van der Waals surface area contributed by atoms with Crippen molar-refractivity contribution in [2.75, 3.05) is 20.2 Å². The minimum atomic E-state index is -1.52. The fourth-order valence-electron chi connectivity index (χ4n) is 5.11. The number of piperidine rings is 1. The number of methoxy groups -OCH3 is 1. The average molecular weight is 526 g/mol. The van der Waals surface area contributed by atoms with Gasteiger partial charge in [-0.1, -0.05) is 11.8 Å². The van der Waals surface area contributed by atoms with E-state index in [0.717, 1.165) is 53.6 Å². The van der Waals surface area contributed by atoms with E-state index in [1.807, 2.05) is 31.3 Å². The summed E-state index contributed by atoms with van der Waals surface area (Å²) in [6.45, 7) is 2.94. The fourth-order valence-corrected chi connectivity index (χ4v) is 5.11. The van der Waals surface area contributed by atoms with Crippen molar-refractivity contribution < 1.29 is 27.9 Å². The van der Waals surface area contributed by atoms with Gasteiger partial charge in [0, 0.05) is 35.7 Å². The third-order valence-electron chi connectivity index (χ3n) is 7.18. The molecule has 1 aliphatic heterocycles. The van der Waals surface area contributed by atoms with Crippen molar-refractivity contribution >= 4 is 16.8 Å². The number of likely N-dealkylation sites (tertiary alicyclic amines) is 1. The summed E-state index contributed by atoms with van der Waals surface area (Å²) in [5, 5.41) is 10.2. The Balaban J connectivity index is 1.48. The highest BCUT2D eigenvalue weighted by Crippen LogP contribution is 2.29. The molecule has 1 amide bonds. The number of aromatic nitrogens is 1. The molecule has 2 N–H and O–H groups in total. The van der Waals surface area contributed by atoms with Gasteiger partial charge in [0.15, 0.2) is 17.5 Å². The molecule has 6 nitrogen and oxygen atoms in total. The van der Waals surface area contributed by atoms with Gasteiger partial charge in [-0.3, -0.25) is 19.9 Å². The Bertz CT molecular complexity index is 1360. The molecule has 3 aromatic rings. The number of ether oxygens (including phenoxy) is 1. The Labute approximate surface area is 219 Å². The van der Waals surface area contributed by atoms with E-state index in [1.54, 1.807) is 12.6 Å². The van der Waals surface area contributed by atoms with Crippen molar-refractivity contribution in [1.29, 1.82) is 0 Å². The zero-order valence-corrected chi connectivity index (χ0v) is 21.4. The smallest absolute Gasteiger partial charge is 0.246 e. The van der Waals surface area contributed by atoms with E-state index >= 15 is 0 Å². The molecular formula is C29H30F3N3O3. The fraction of sp³-hybridized carbons (Fsp3) is 0.379. The molecular weight excluding hydrogens is 495 g/mol. The summed E-state index contributed by atoms with van der Waals surface area (Å²) in [6, 6.07) is 7.58. The van der Waals surface area contributed by atoms with E-state index in [4.69, 9.17) is 9.94 Å². The summed E-state index contributed by atoms with van der Waals surface area (Å²) in [5.41, 5.74) is 5.01.